The molecule has 37 heavy (non-hydrogen) atoms. The summed E-state index contributed by atoms with van der Waals surface area (Å²) in [5.74, 6) is 1.76. The van der Waals surface area contributed by atoms with E-state index >= 15 is 0 Å². The molecule has 0 bridgehead atoms. The molecule has 0 aliphatic carbocycles. The van der Waals surface area contributed by atoms with Gasteiger partial charge in [-0.25, -0.2) is 4.68 Å². The van der Waals surface area contributed by atoms with E-state index in [-0.39, 0.29) is 18.3 Å². The summed E-state index contributed by atoms with van der Waals surface area (Å²) < 4.78 is 13.4. The number of nitrogens with one attached hydrogen (secondary N) is 1. The van der Waals surface area contributed by atoms with Crippen molar-refractivity contribution in [1.29, 1.82) is 0 Å². The molecule has 6 heteroatoms. The van der Waals surface area contributed by atoms with Gasteiger partial charge in [-0.1, -0.05) is 74.5 Å². The summed E-state index contributed by atoms with van der Waals surface area (Å²) in [5.41, 5.74) is 4.92. The number of nitrogens with zero attached hydrogens (tertiary/aromatic N) is 2. The number of carbonyl (C=O) groups is 1. The monoisotopic (exact) mass is 491 g/mol. The quantitative estimate of drug-likeness (QED) is 0.247. The van der Waals surface area contributed by atoms with Crippen LogP contribution in [0.25, 0.3) is 16.9 Å². The number of aromatic nitrogens is 2. The molecule has 0 saturated heterocycles. The van der Waals surface area contributed by atoms with Crippen LogP contribution in [0.1, 0.15) is 47.2 Å². The number of para-hydroxylation sites is 1. The summed E-state index contributed by atoms with van der Waals surface area (Å²) in [4.78, 5) is 12.9. The highest BCUT2D eigenvalue weighted by atomic mass is 16.5. The molecule has 2 heterocycles. The number of rotatable bonds is 9. The molecule has 186 valence electrons. The third-order valence-electron chi connectivity index (χ3n) is 6.11. The molecule has 5 aromatic rings. The number of furan rings is 1. The predicted molar refractivity (Wildman–Crippen MR) is 144 cm³/mol. The van der Waals surface area contributed by atoms with E-state index in [9.17, 15) is 4.79 Å². The molecule has 0 fully saturated rings. The van der Waals surface area contributed by atoms with E-state index < -0.39 is 0 Å². The molecule has 0 aliphatic rings. The second-order valence-corrected chi connectivity index (χ2v) is 9.11. The minimum absolute atomic E-state index is 0.241. The average molecular weight is 492 g/mol. The minimum atomic E-state index is -0.293. The fraction of sp³-hybridized carbons (Fsp3) is 0.161. The Bertz CT molecular complexity index is 1450. The van der Waals surface area contributed by atoms with Gasteiger partial charge in [0.25, 0.3) is 5.91 Å². The molecule has 1 N–H and O–H groups in total. The number of ether oxygens (including phenoxy) is 1. The normalized spacial score (nSPS) is 11.0. The van der Waals surface area contributed by atoms with Crippen LogP contribution in [0.15, 0.2) is 108 Å². The Morgan fingerprint density at radius 3 is 2.32 bits per heavy atom. The second kappa shape index (κ2) is 11.0. The van der Waals surface area contributed by atoms with Crippen molar-refractivity contribution in [2.24, 2.45) is 0 Å². The van der Waals surface area contributed by atoms with Gasteiger partial charge in [-0.15, -0.1) is 0 Å². The van der Waals surface area contributed by atoms with Crippen molar-refractivity contribution >= 4 is 5.91 Å². The second-order valence-electron chi connectivity index (χ2n) is 9.11. The van der Waals surface area contributed by atoms with Crippen molar-refractivity contribution in [3.05, 3.63) is 126 Å². The van der Waals surface area contributed by atoms with Crippen molar-refractivity contribution < 1.29 is 13.9 Å². The van der Waals surface area contributed by atoms with Gasteiger partial charge in [0.05, 0.1) is 11.4 Å². The summed E-state index contributed by atoms with van der Waals surface area (Å²) in [6.07, 6.45) is 1.95. The molecule has 5 rings (SSSR count). The van der Waals surface area contributed by atoms with E-state index in [0.717, 1.165) is 28.3 Å². The van der Waals surface area contributed by atoms with E-state index in [1.807, 2.05) is 83.7 Å². The first-order valence-corrected chi connectivity index (χ1v) is 12.4. The first kappa shape index (κ1) is 24.1. The van der Waals surface area contributed by atoms with E-state index in [0.29, 0.717) is 18.2 Å². The third-order valence-corrected chi connectivity index (χ3v) is 6.11. The standard InChI is InChI=1S/C31H29N3O3/c1-22(2)23-13-15-27(16-14-23)36-21-28-17-18-29(37-28)31(35)32-19-25-20-34(26-11-7-4-8-12-26)33-30(25)24-9-5-3-6-10-24/h3-18,20,22H,19,21H2,1-2H3,(H,32,35). The maximum Gasteiger partial charge on any atom is 0.287 e. The number of amides is 1. The number of carbonyl (C=O) groups excluding carboxylic acids is 1. The van der Waals surface area contributed by atoms with Crippen molar-refractivity contribution in [3.8, 4) is 22.7 Å². The summed E-state index contributed by atoms with van der Waals surface area (Å²) in [6.45, 7) is 4.87. The molecule has 1 amide bonds. The highest BCUT2D eigenvalue weighted by Crippen LogP contribution is 2.24. The van der Waals surface area contributed by atoms with Gasteiger partial charge in [-0.05, 0) is 47.9 Å². The number of hydrogen-bond donors (Lipinski definition) is 1. The lowest BCUT2D eigenvalue weighted by atomic mass is 10.0. The number of hydrogen-bond acceptors (Lipinski definition) is 4. The van der Waals surface area contributed by atoms with Gasteiger partial charge >= 0.3 is 0 Å². The van der Waals surface area contributed by atoms with Crippen LogP contribution in [-0.4, -0.2) is 15.7 Å². The summed E-state index contributed by atoms with van der Waals surface area (Å²) in [7, 11) is 0. The van der Waals surface area contributed by atoms with E-state index in [2.05, 4.69) is 31.3 Å². The molecular weight excluding hydrogens is 462 g/mol. The van der Waals surface area contributed by atoms with Crippen LogP contribution in [0.5, 0.6) is 5.75 Å². The highest BCUT2D eigenvalue weighted by molar-refractivity contribution is 5.91. The fourth-order valence-corrected chi connectivity index (χ4v) is 4.03. The molecular formula is C31H29N3O3. The first-order valence-electron chi connectivity index (χ1n) is 12.4. The zero-order valence-corrected chi connectivity index (χ0v) is 20.9. The Hall–Kier alpha value is -4.58. The van der Waals surface area contributed by atoms with Gasteiger partial charge in [-0.2, -0.15) is 5.10 Å². The lowest BCUT2D eigenvalue weighted by molar-refractivity contribution is 0.0919. The molecule has 0 spiro atoms. The first-order chi connectivity index (χ1) is 18.1. The third kappa shape index (κ3) is 5.81. The van der Waals surface area contributed by atoms with Crippen molar-refractivity contribution in [2.45, 2.75) is 32.9 Å². The van der Waals surface area contributed by atoms with Crippen LogP contribution in [0, 0.1) is 0 Å². The van der Waals surface area contributed by atoms with Crippen molar-refractivity contribution in [3.63, 3.8) is 0 Å². The van der Waals surface area contributed by atoms with Crippen LogP contribution in [0.3, 0.4) is 0 Å². The number of benzene rings is 3. The van der Waals surface area contributed by atoms with Crippen LogP contribution in [0.2, 0.25) is 0 Å². The molecule has 2 aromatic heterocycles. The van der Waals surface area contributed by atoms with Crippen LogP contribution < -0.4 is 10.1 Å². The highest BCUT2D eigenvalue weighted by Gasteiger charge is 2.16. The molecule has 0 aliphatic heterocycles. The Balaban J connectivity index is 1.25. The Kier molecular flexibility index (Phi) is 7.17. The van der Waals surface area contributed by atoms with Crippen molar-refractivity contribution in [1.82, 2.24) is 15.1 Å². The molecule has 0 atom stereocenters. The summed E-state index contributed by atoms with van der Waals surface area (Å²) >= 11 is 0. The van der Waals surface area contributed by atoms with Gasteiger partial charge in [0, 0.05) is 23.9 Å². The topological polar surface area (TPSA) is 69.3 Å². The van der Waals surface area contributed by atoms with E-state index in [4.69, 9.17) is 14.3 Å². The van der Waals surface area contributed by atoms with Gasteiger partial charge in [-0.3, -0.25) is 4.79 Å². The van der Waals surface area contributed by atoms with E-state index in [1.54, 1.807) is 12.1 Å². The maximum atomic E-state index is 12.9. The van der Waals surface area contributed by atoms with Gasteiger partial charge in [0.15, 0.2) is 5.76 Å². The Morgan fingerprint density at radius 1 is 0.919 bits per heavy atom. The maximum absolute atomic E-state index is 12.9. The summed E-state index contributed by atoms with van der Waals surface area (Å²) in [6, 6.07) is 31.3. The van der Waals surface area contributed by atoms with E-state index in [1.165, 1.54) is 5.56 Å². The SMILES string of the molecule is CC(C)c1ccc(OCc2ccc(C(=O)NCc3cn(-c4ccccc4)nc3-c3ccccc3)o2)cc1. The molecule has 0 unspecified atom stereocenters. The Morgan fingerprint density at radius 2 is 1.62 bits per heavy atom. The largest absolute Gasteiger partial charge is 0.486 e. The van der Waals surface area contributed by atoms with Crippen molar-refractivity contribution in [2.75, 3.05) is 0 Å². The zero-order chi connectivity index (χ0) is 25.6. The lowest BCUT2D eigenvalue weighted by Gasteiger charge is -2.08. The smallest absolute Gasteiger partial charge is 0.287 e. The molecule has 0 radical (unpaired) electrons. The molecule has 3 aromatic carbocycles. The van der Waals surface area contributed by atoms with Gasteiger partial charge < -0.3 is 14.5 Å². The molecule has 0 saturated carbocycles. The minimum Gasteiger partial charge on any atom is -0.486 e. The average Bonchev–Trinajstić information content (AvgIpc) is 3.59. The van der Waals surface area contributed by atoms with Crippen LogP contribution in [-0.2, 0) is 13.2 Å². The predicted octanol–water partition coefficient (Wildman–Crippen LogP) is 6.76. The fourth-order valence-electron chi connectivity index (χ4n) is 4.03. The van der Waals surface area contributed by atoms with Crippen LogP contribution in [0.4, 0.5) is 0 Å². The molecule has 6 nitrogen and oxygen atoms in total. The summed E-state index contributed by atoms with van der Waals surface area (Å²) in [5, 5.41) is 7.77. The Labute approximate surface area is 216 Å². The van der Waals surface area contributed by atoms with Crippen LogP contribution >= 0.6 is 0 Å². The van der Waals surface area contributed by atoms with Gasteiger partial charge in [0.1, 0.15) is 18.1 Å². The van der Waals surface area contributed by atoms with Gasteiger partial charge in [0.2, 0.25) is 0 Å². The lowest BCUT2D eigenvalue weighted by Crippen LogP contribution is -2.22. The zero-order valence-electron chi connectivity index (χ0n) is 20.9.